The first kappa shape index (κ1) is 23.1. The summed E-state index contributed by atoms with van der Waals surface area (Å²) < 4.78 is 14.6. The van der Waals surface area contributed by atoms with Crippen LogP contribution in [0.4, 0.5) is 10.1 Å². The van der Waals surface area contributed by atoms with Crippen molar-refractivity contribution in [2.75, 3.05) is 39.0 Å². The van der Waals surface area contributed by atoms with E-state index in [0.717, 1.165) is 13.0 Å². The second kappa shape index (κ2) is 9.54. The molecule has 3 N–H and O–H groups in total. The first-order valence-electron chi connectivity index (χ1n) is 9.95. The zero-order valence-electron chi connectivity index (χ0n) is 18.0. The number of hydrogen-bond donors (Lipinski definition) is 3. The number of para-hydroxylation sites is 1. The number of benzene rings is 1. The number of nitrogens with zero attached hydrogens (tertiary/aromatic N) is 2. The molecule has 0 spiro atoms. The van der Waals surface area contributed by atoms with Crippen LogP contribution in [0.3, 0.4) is 0 Å². The van der Waals surface area contributed by atoms with Gasteiger partial charge in [0.2, 0.25) is 5.91 Å². The van der Waals surface area contributed by atoms with Gasteiger partial charge in [0.1, 0.15) is 12.0 Å². The molecule has 2 rings (SSSR count). The van der Waals surface area contributed by atoms with Crippen LogP contribution in [0.2, 0.25) is 0 Å². The van der Waals surface area contributed by atoms with E-state index in [1.807, 2.05) is 19.0 Å². The van der Waals surface area contributed by atoms with E-state index in [9.17, 15) is 19.1 Å². The minimum Gasteiger partial charge on any atom is -0.481 e. The molecule has 162 valence electrons. The fourth-order valence-electron chi connectivity index (χ4n) is 3.31. The number of nitrogens with one attached hydrogen (secondary N) is 2. The van der Waals surface area contributed by atoms with E-state index in [1.165, 1.54) is 6.07 Å². The third kappa shape index (κ3) is 6.40. The van der Waals surface area contributed by atoms with Gasteiger partial charge in [-0.3, -0.25) is 14.9 Å². The summed E-state index contributed by atoms with van der Waals surface area (Å²) in [7, 11) is 3.87. The summed E-state index contributed by atoms with van der Waals surface area (Å²) in [6, 6.07) is 3.95. The van der Waals surface area contributed by atoms with Gasteiger partial charge in [-0.15, -0.1) is 0 Å². The van der Waals surface area contributed by atoms with Crippen LogP contribution in [0.5, 0.6) is 0 Å². The molecule has 0 aliphatic carbocycles. The van der Waals surface area contributed by atoms with Crippen LogP contribution in [-0.4, -0.2) is 66.6 Å². The Bertz CT molecular complexity index is 733. The minimum atomic E-state index is -1.05. The predicted octanol–water partition coefficient (Wildman–Crippen LogP) is 2.51. The third-order valence-corrected chi connectivity index (χ3v) is 4.93. The normalized spacial score (nSPS) is 19.8. The van der Waals surface area contributed by atoms with E-state index < -0.39 is 24.0 Å². The van der Waals surface area contributed by atoms with Crippen molar-refractivity contribution in [1.29, 1.82) is 0 Å². The zero-order chi connectivity index (χ0) is 21.8. The molecule has 1 aliphatic heterocycles. The van der Waals surface area contributed by atoms with Crippen molar-refractivity contribution in [3.63, 3.8) is 0 Å². The molecule has 1 heterocycles. The summed E-state index contributed by atoms with van der Waals surface area (Å²) in [6.07, 6.45) is -0.137. The molecule has 1 aliphatic rings. The van der Waals surface area contributed by atoms with Gasteiger partial charge in [0.25, 0.3) is 0 Å². The SMILES string of the molecule is CN(C)CCNc1c(F)cccc1C1N[C@@H](CC(=O)O)C(=O)N1CCC(C)(C)C. The highest BCUT2D eigenvalue weighted by atomic mass is 19.1. The molecular formula is C21H33FN4O3. The number of amides is 1. The van der Waals surface area contributed by atoms with E-state index in [4.69, 9.17) is 0 Å². The molecule has 0 saturated carbocycles. The van der Waals surface area contributed by atoms with Crippen LogP contribution in [0.25, 0.3) is 0 Å². The smallest absolute Gasteiger partial charge is 0.305 e. The molecule has 1 aromatic carbocycles. The number of carbonyl (C=O) groups is 2. The fourth-order valence-corrected chi connectivity index (χ4v) is 3.31. The quantitative estimate of drug-likeness (QED) is 0.582. The highest BCUT2D eigenvalue weighted by Gasteiger charge is 2.41. The van der Waals surface area contributed by atoms with Gasteiger partial charge in [-0.25, -0.2) is 4.39 Å². The van der Waals surface area contributed by atoms with Crippen LogP contribution in [-0.2, 0) is 9.59 Å². The van der Waals surface area contributed by atoms with Gasteiger partial charge < -0.3 is 20.2 Å². The molecule has 8 heteroatoms. The summed E-state index contributed by atoms with van der Waals surface area (Å²) >= 11 is 0. The number of aliphatic carboxylic acids is 1. The van der Waals surface area contributed by atoms with Crippen molar-refractivity contribution in [2.24, 2.45) is 5.41 Å². The van der Waals surface area contributed by atoms with Crippen LogP contribution in [0.1, 0.15) is 45.3 Å². The number of likely N-dealkylation sites (N-methyl/N-ethyl adjacent to an activating group) is 1. The first-order chi connectivity index (χ1) is 13.5. The van der Waals surface area contributed by atoms with Gasteiger partial charge in [-0.2, -0.15) is 0 Å². The van der Waals surface area contributed by atoms with Crippen molar-refractivity contribution in [3.8, 4) is 0 Å². The molecule has 29 heavy (non-hydrogen) atoms. The number of carboxylic acid groups (broad SMARTS) is 1. The van der Waals surface area contributed by atoms with Crippen LogP contribution >= 0.6 is 0 Å². The molecule has 0 radical (unpaired) electrons. The molecule has 1 amide bonds. The molecule has 2 atom stereocenters. The lowest BCUT2D eigenvalue weighted by Crippen LogP contribution is -2.34. The topological polar surface area (TPSA) is 84.9 Å². The summed E-state index contributed by atoms with van der Waals surface area (Å²) in [4.78, 5) is 27.8. The number of anilines is 1. The van der Waals surface area contributed by atoms with E-state index >= 15 is 0 Å². The van der Waals surface area contributed by atoms with Gasteiger partial charge in [0, 0.05) is 25.2 Å². The lowest BCUT2D eigenvalue weighted by Gasteiger charge is -2.29. The van der Waals surface area contributed by atoms with E-state index in [1.54, 1.807) is 17.0 Å². The third-order valence-electron chi connectivity index (χ3n) is 4.93. The molecule has 1 fully saturated rings. The summed E-state index contributed by atoms with van der Waals surface area (Å²) in [5.41, 5.74) is 0.958. The highest BCUT2D eigenvalue weighted by molar-refractivity contribution is 5.88. The largest absolute Gasteiger partial charge is 0.481 e. The van der Waals surface area contributed by atoms with Gasteiger partial charge in [-0.05, 0) is 32.0 Å². The Morgan fingerprint density at radius 1 is 1.34 bits per heavy atom. The lowest BCUT2D eigenvalue weighted by molar-refractivity contribution is -0.140. The highest BCUT2D eigenvalue weighted by Crippen LogP contribution is 2.34. The van der Waals surface area contributed by atoms with E-state index in [-0.39, 0.29) is 17.7 Å². The predicted molar refractivity (Wildman–Crippen MR) is 111 cm³/mol. The average Bonchev–Trinajstić information content (AvgIpc) is 2.88. The molecule has 0 aromatic heterocycles. The van der Waals surface area contributed by atoms with Crippen molar-refractivity contribution in [1.82, 2.24) is 15.1 Å². The molecule has 7 nitrogen and oxygen atoms in total. The Morgan fingerprint density at radius 2 is 2.03 bits per heavy atom. The molecule has 0 bridgehead atoms. The van der Waals surface area contributed by atoms with Crippen LogP contribution in [0.15, 0.2) is 18.2 Å². The Hall–Kier alpha value is -2.19. The van der Waals surface area contributed by atoms with Crippen molar-refractivity contribution in [2.45, 2.75) is 45.8 Å². The van der Waals surface area contributed by atoms with Crippen molar-refractivity contribution >= 4 is 17.6 Å². The van der Waals surface area contributed by atoms with Gasteiger partial charge in [-0.1, -0.05) is 32.9 Å². The van der Waals surface area contributed by atoms with Crippen molar-refractivity contribution < 1.29 is 19.1 Å². The molecule has 1 saturated heterocycles. The maximum Gasteiger partial charge on any atom is 0.305 e. The molecule has 1 aromatic rings. The summed E-state index contributed by atoms with van der Waals surface area (Å²) in [5.74, 6) is -1.70. The van der Waals surface area contributed by atoms with Gasteiger partial charge in [0.05, 0.1) is 18.2 Å². The van der Waals surface area contributed by atoms with E-state index in [2.05, 4.69) is 31.4 Å². The lowest BCUT2D eigenvalue weighted by atomic mass is 9.92. The second-order valence-electron chi connectivity index (χ2n) is 9.00. The number of hydrogen-bond acceptors (Lipinski definition) is 5. The number of carboxylic acids is 1. The number of halogens is 1. The van der Waals surface area contributed by atoms with Gasteiger partial charge >= 0.3 is 5.97 Å². The standard InChI is InChI=1S/C21H33FN4O3/c1-21(2,3)9-11-26-19(24-16(20(26)29)13-17(27)28)14-7-6-8-15(22)18(14)23-10-12-25(4)5/h6-8,16,19,23-24H,9-13H2,1-5H3,(H,27,28)/t16-,19?/m0/s1. The molecular weight excluding hydrogens is 375 g/mol. The fraction of sp³-hybridized carbons (Fsp3) is 0.619. The average molecular weight is 409 g/mol. The van der Waals surface area contributed by atoms with Crippen LogP contribution < -0.4 is 10.6 Å². The summed E-state index contributed by atoms with van der Waals surface area (Å²) in [5, 5.41) is 15.4. The Kier molecular flexibility index (Phi) is 7.60. The maximum atomic E-state index is 14.6. The number of rotatable bonds is 9. The monoisotopic (exact) mass is 408 g/mol. The van der Waals surface area contributed by atoms with Crippen LogP contribution in [0, 0.1) is 11.2 Å². The Morgan fingerprint density at radius 3 is 2.62 bits per heavy atom. The Labute approximate surface area is 172 Å². The molecule has 1 unspecified atom stereocenters. The second-order valence-corrected chi connectivity index (χ2v) is 9.00. The first-order valence-corrected chi connectivity index (χ1v) is 9.95. The number of carbonyl (C=O) groups excluding carboxylic acids is 1. The van der Waals surface area contributed by atoms with Crippen molar-refractivity contribution in [3.05, 3.63) is 29.6 Å². The van der Waals surface area contributed by atoms with Gasteiger partial charge in [0.15, 0.2) is 0 Å². The maximum absolute atomic E-state index is 14.6. The Balaban J connectivity index is 2.33. The van der Waals surface area contributed by atoms with E-state index in [0.29, 0.717) is 24.3 Å². The minimum absolute atomic E-state index is 0.00441. The summed E-state index contributed by atoms with van der Waals surface area (Å²) in [6.45, 7) is 7.98. The zero-order valence-corrected chi connectivity index (χ0v) is 18.0.